The molecule has 2 rings (SSSR count). The fraction of sp³-hybridized carbons (Fsp3) is 0.455. The molecule has 0 bridgehead atoms. The van der Waals surface area contributed by atoms with Gasteiger partial charge < -0.3 is 15.0 Å². The minimum atomic E-state index is -0.399. The van der Waals surface area contributed by atoms with Gasteiger partial charge in [-0.1, -0.05) is 5.16 Å². The van der Waals surface area contributed by atoms with Crippen LogP contribution in [0.15, 0.2) is 10.6 Å². The number of methoxy groups -OCH3 is 1. The lowest BCUT2D eigenvalue weighted by Gasteiger charge is -2.03. The van der Waals surface area contributed by atoms with E-state index in [0.29, 0.717) is 18.3 Å². The second-order valence-electron chi connectivity index (χ2n) is 4.00. The van der Waals surface area contributed by atoms with Crippen molar-refractivity contribution in [3.63, 3.8) is 0 Å². The van der Waals surface area contributed by atoms with E-state index in [0.717, 1.165) is 17.0 Å². The molecule has 0 aliphatic carbocycles. The zero-order valence-corrected chi connectivity index (χ0v) is 10.5. The minimum Gasteiger partial charge on any atom is -0.383 e. The second kappa shape index (κ2) is 5.19. The number of rotatable bonds is 4. The van der Waals surface area contributed by atoms with E-state index < -0.39 is 6.04 Å². The van der Waals surface area contributed by atoms with Crippen LogP contribution in [0.5, 0.6) is 0 Å². The Kier molecular flexibility index (Phi) is 3.63. The minimum absolute atomic E-state index is 0.339. The average Bonchev–Trinajstić information content (AvgIpc) is 2.82. The molecule has 7 nitrogen and oxygen atoms in total. The Labute approximate surface area is 104 Å². The van der Waals surface area contributed by atoms with Gasteiger partial charge >= 0.3 is 0 Å². The molecule has 2 aromatic rings. The summed E-state index contributed by atoms with van der Waals surface area (Å²) in [7, 11) is 1.57. The van der Waals surface area contributed by atoms with Gasteiger partial charge in [0.05, 0.1) is 29.6 Å². The summed E-state index contributed by atoms with van der Waals surface area (Å²) in [6.07, 6.45) is 0. The van der Waals surface area contributed by atoms with Crippen molar-refractivity contribution in [3.05, 3.63) is 23.3 Å². The van der Waals surface area contributed by atoms with Gasteiger partial charge in [-0.15, -0.1) is 0 Å². The summed E-state index contributed by atoms with van der Waals surface area (Å²) in [5.74, 6) is 0.813. The molecule has 0 saturated carbocycles. The van der Waals surface area contributed by atoms with Crippen molar-refractivity contribution >= 4 is 0 Å². The van der Waals surface area contributed by atoms with Gasteiger partial charge in [0.1, 0.15) is 0 Å². The van der Waals surface area contributed by atoms with Gasteiger partial charge in [0.2, 0.25) is 0 Å². The molecule has 2 aromatic heterocycles. The van der Waals surface area contributed by atoms with Crippen molar-refractivity contribution < 1.29 is 9.26 Å². The van der Waals surface area contributed by atoms with Crippen LogP contribution in [-0.2, 0) is 4.74 Å². The van der Waals surface area contributed by atoms with Gasteiger partial charge in [-0.25, -0.2) is 0 Å². The maximum absolute atomic E-state index is 5.83. The molecule has 2 heterocycles. The van der Waals surface area contributed by atoms with Crippen LogP contribution in [-0.4, -0.2) is 34.1 Å². The van der Waals surface area contributed by atoms with E-state index in [1.165, 1.54) is 0 Å². The first kappa shape index (κ1) is 12.6. The van der Waals surface area contributed by atoms with Crippen LogP contribution in [0.2, 0.25) is 0 Å². The van der Waals surface area contributed by atoms with Gasteiger partial charge in [0.25, 0.3) is 5.89 Å². The third-order valence-electron chi connectivity index (χ3n) is 2.45. The lowest BCUT2D eigenvalue weighted by molar-refractivity contribution is 0.177. The first-order chi connectivity index (χ1) is 8.61. The quantitative estimate of drug-likeness (QED) is 0.854. The highest BCUT2D eigenvalue weighted by Crippen LogP contribution is 2.21. The van der Waals surface area contributed by atoms with Crippen LogP contribution in [0.3, 0.4) is 0 Å². The van der Waals surface area contributed by atoms with Gasteiger partial charge in [0, 0.05) is 7.11 Å². The summed E-state index contributed by atoms with van der Waals surface area (Å²) < 4.78 is 10.1. The van der Waals surface area contributed by atoms with Gasteiger partial charge in [0.15, 0.2) is 5.82 Å². The number of ether oxygens (including phenoxy) is 1. The van der Waals surface area contributed by atoms with Crippen LogP contribution in [0.4, 0.5) is 0 Å². The fourth-order valence-corrected chi connectivity index (χ4v) is 1.52. The maximum atomic E-state index is 5.83. The van der Waals surface area contributed by atoms with Crippen molar-refractivity contribution in [3.8, 4) is 11.5 Å². The van der Waals surface area contributed by atoms with E-state index in [2.05, 4.69) is 20.3 Å². The van der Waals surface area contributed by atoms with Crippen molar-refractivity contribution in [2.24, 2.45) is 5.73 Å². The first-order valence-corrected chi connectivity index (χ1v) is 5.51. The van der Waals surface area contributed by atoms with Crippen LogP contribution < -0.4 is 5.73 Å². The zero-order chi connectivity index (χ0) is 13.1. The van der Waals surface area contributed by atoms with E-state index >= 15 is 0 Å². The number of nitrogens with two attached hydrogens (primary N) is 1. The summed E-state index contributed by atoms with van der Waals surface area (Å²) in [6.45, 7) is 4.02. The molecule has 0 fully saturated rings. The first-order valence-electron chi connectivity index (χ1n) is 5.51. The lowest BCUT2D eigenvalue weighted by Crippen LogP contribution is -2.17. The molecule has 0 saturated heterocycles. The third-order valence-corrected chi connectivity index (χ3v) is 2.45. The topological polar surface area (TPSA) is 100.0 Å². The molecule has 96 valence electrons. The SMILES string of the molecule is COCC(N)c1noc(-c2cc(C)nnc2C)n1. The van der Waals surface area contributed by atoms with E-state index in [9.17, 15) is 0 Å². The standard InChI is InChI=1S/C11H15N5O2/c1-6-4-8(7(2)15-14-6)11-13-10(16-18-11)9(12)5-17-3/h4,9H,5,12H2,1-3H3. The number of hydrogen-bond acceptors (Lipinski definition) is 7. The summed E-state index contributed by atoms with van der Waals surface area (Å²) in [6, 6.07) is 1.45. The van der Waals surface area contributed by atoms with Crippen LogP contribution in [0.1, 0.15) is 23.3 Å². The highest BCUT2D eigenvalue weighted by molar-refractivity contribution is 5.55. The average molecular weight is 249 g/mol. The van der Waals surface area contributed by atoms with Crippen molar-refractivity contribution in [1.29, 1.82) is 0 Å². The predicted molar refractivity (Wildman–Crippen MR) is 63.6 cm³/mol. The summed E-state index contributed by atoms with van der Waals surface area (Å²) in [5, 5.41) is 11.8. The molecule has 18 heavy (non-hydrogen) atoms. The molecule has 0 radical (unpaired) electrons. The Morgan fingerprint density at radius 2 is 2.17 bits per heavy atom. The molecular formula is C11H15N5O2. The smallest absolute Gasteiger partial charge is 0.259 e. The molecule has 7 heteroatoms. The van der Waals surface area contributed by atoms with Crippen LogP contribution in [0, 0.1) is 13.8 Å². The van der Waals surface area contributed by atoms with Crippen LogP contribution in [0.25, 0.3) is 11.5 Å². The van der Waals surface area contributed by atoms with Crippen molar-refractivity contribution in [1.82, 2.24) is 20.3 Å². The molecule has 0 spiro atoms. The highest BCUT2D eigenvalue weighted by Gasteiger charge is 2.17. The predicted octanol–water partition coefficient (Wildman–Crippen LogP) is 0.790. The molecule has 0 amide bonds. The Morgan fingerprint density at radius 1 is 1.39 bits per heavy atom. The number of aryl methyl sites for hydroxylation is 2. The zero-order valence-electron chi connectivity index (χ0n) is 10.5. The highest BCUT2D eigenvalue weighted by atomic mass is 16.5. The van der Waals surface area contributed by atoms with Gasteiger partial charge in [-0.3, -0.25) is 0 Å². The van der Waals surface area contributed by atoms with E-state index in [-0.39, 0.29) is 0 Å². The molecule has 0 aliphatic heterocycles. The van der Waals surface area contributed by atoms with E-state index in [1.807, 2.05) is 19.9 Å². The Balaban J connectivity index is 2.32. The number of nitrogens with zero attached hydrogens (tertiary/aromatic N) is 4. The lowest BCUT2D eigenvalue weighted by atomic mass is 10.2. The molecule has 2 N–H and O–H groups in total. The van der Waals surface area contributed by atoms with Gasteiger partial charge in [-0.05, 0) is 19.9 Å². The fourth-order valence-electron chi connectivity index (χ4n) is 1.52. The monoisotopic (exact) mass is 249 g/mol. The van der Waals surface area contributed by atoms with E-state index in [1.54, 1.807) is 7.11 Å². The van der Waals surface area contributed by atoms with Gasteiger partial charge in [-0.2, -0.15) is 15.2 Å². The molecule has 0 aromatic carbocycles. The van der Waals surface area contributed by atoms with Crippen molar-refractivity contribution in [2.45, 2.75) is 19.9 Å². The number of hydrogen-bond donors (Lipinski definition) is 1. The Hall–Kier alpha value is -1.86. The molecular weight excluding hydrogens is 234 g/mol. The molecule has 0 aliphatic rings. The maximum Gasteiger partial charge on any atom is 0.259 e. The Bertz CT molecular complexity index is 540. The number of aromatic nitrogens is 4. The summed E-state index contributed by atoms with van der Waals surface area (Å²) in [4.78, 5) is 4.25. The molecule has 1 atom stereocenters. The van der Waals surface area contributed by atoms with Crippen LogP contribution >= 0.6 is 0 Å². The normalized spacial score (nSPS) is 12.7. The largest absolute Gasteiger partial charge is 0.383 e. The second-order valence-corrected chi connectivity index (χ2v) is 4.00. The summed E-state index contributed by atoms with van der Waals surface area (Å²) >= 11 is 0. The summed E-state index contributed by atoms with van der Waals surface area (Å²) in [5.41, 5.74) is 8.12. The third kappa shape index (κ3) is 2.52. The molecule has 1 unspecified atom stereocenters. The Morgan fingerprint density at radius 3 is 2.89 bits per heavy atom. The van der Waals surface area contributed by atoms with E-state index in [4.69, 9.17) is 15.0 Å². The van der Waals surface area contributed by atoms with Crippen molar-refractivity contribution in [2.75, 3.05) is 13.7 Å².